The summed E-state index contributed by atoms with van der Waals surface area (Å²) in [6.45, 7) is 3.94. The average molecular weight is 147 g/mol. The zero-order valence-corrected chi connectivity index (χ0v) is 6.69. The van der Waals surface area contributed by atoms with Gasteiger partial charge in [-0.1, -0.05) is 20.3 Å². The van der Waals surface area contributed by atoms with Crippen molar-refractivity contribution in [2.24, 2.45) is 11.7 Å². The third kappa shape index (κ3) is 2.87. The molecule has 0 aliphatic heterocycles. The second-order valence-electron chi connectivity index (χ2n) is 2.25. The maximum absolute atomic E-state index is 10.5. The van der Waals surface area contributed by atoms with Crippen molar-refractivity contribution >= 4 is 17.7 Å². The molecular formula is C6H13NOS. The average Bonchev–Trinajstić information content (AvgIpc) is 1.84. The molecule has 2 atom stereocenters. The van der Waals surface area contributed by atoms with E-state index in [0.29, 0.717) is 0 Å². The molecule has 0 aromatic rings. The van der Waals surface area contributed by atoms with E-state index in [9.17, 15) is 4.79 Å². The molecule has 2 nitrogen and oxygen atoms in total. The molecule has 0 aliphatic rings. The number of thiol groups is 1. The summed E-state index contributed by atoms with van der Waals surface area (Å²) in [4.78, 5) is 10.5. The topological polar surface area (TPSA) is 43.1 Å². The maximum Gasteiger partial charge on any atom is 0.202 e. The largest absolute Gasteiger partial charge is 0.321 e. The Labute approximate surface area is 61.2 Å². The lowest BCUT2D eigenvalue weighted by molar-refractivity contribution is -0.112. The van der Waals surface area contributed by atoms with Crippen LogP contribution in [0.25, 0.3) is 0 Å². The number of rotatable bonds is 3. The van der Waals surface area contributed by atoms with Crippen molar-refractivity contribution in [1.29, 1.82) is 0 Å². The monoisotopic (exact) mass is 147 g/mol. The Bertz CT molecular complexity index is 105. The SMILES string of the molecule is CC[C@H](C)[C@H](N)C(=O)S. The van der Waals surface area contributed by atoms with Crippen LogP contribution in [0.1, 0.15) is 20.3 Å². The maximum atomic E-state index is 10.5. The van der Waals surface area contributed by atoms with E-state index in [1.165, 1.54) is 0 Å². The standard InChI is InChI=1S/C6H13NOS/c1-3-4(2)5(7)6(8)9/h4-5H,3,7H2,1-2H3,(H,8,9)/t4-,5-/m0/s1. The van der Waals surface area contributed by atoms with Crippen LogP contribution < -0.4 is 5.73 Å². The van der Waals surface area contributed by atoms with E-state index in [-0.39, 0.29) is 11.0 Å². The molecule has 0 aliphatic carbocycles. The minimum absolute atomic E-state index is 0.218. The molecular weight excluding hydrogens is 134 g/mol. The van der Waals surface area contributed by atoms with Crippen LogP contribution in [0.4, 0.5) is 0 Å². The zero-order valence-electron chi connectivity index (χ0n) is 5.79. The quantitative estimate of drug-likeness (QED) is 0.580. The van der Waals surface area contributed by atoms with Crippen molar-refractivity contribution in [3.63, 3.8) is 0 Å². The van der Waals surface area contributed by atoms with Gasteiger partial charge in [0.1, 0.15) is 0 Å². The smallest absolute Gasteiger partial charge is 0.202 e. The third-order valence-corrected chi connectivity index (χ3v) is 1.84. The molecule has 0 heterocycles. The van der Waals surface area contributed by atoms with Crippen LogP contribution in [0.5, 0.6) is 0 Å². The summed E-state index contributed by atoms with van der Waals surface area (Å²) in [5, 5.41) is -0.218. The molecule has 0 radical (unpaired) electrons. The minimum atomic E-state index is -0.390. The number of hydrogen-bond acceptors (Lipinski definition) is 2. The Kier molecular flexibility index (Phi) is 3.89. The Morgan fingerprint density at radius 2 is 2.22 bits per heavy atom. The Balaban J connectivity index is 3.72. The summed E-state index contributed by atoms with van der Waals surface area (Å²) in [6, 6.07) is -0.390. The number of hydrogen-bond donors (Lipinski definition) is 2. The molecule has 3 heteroatoms. The molecule has 0 fully saturated rings. The van der Waals surface area contributed by atoms with Gasteiger partial charge in [0.05, 0.1) is 6.04 Å². The highest BCUT2D eigenvalue weighted by molar-refractivity contribution is 7.96. The van der Waals surface area contributed by atoms with Gasteiger partial charge in [-0.15, -0.1) is 12.6 Å². The number of carbonyl (C=O) groups is 1. The molecule has 0 bridgehead atoms. The lowest BCUT2D eigenvalue weighted by atomic mass is 10.0. The van der Waals surface area contributed by atoms with Crippen molar-refractivity contribution in [2.45, 2.75) is 26.3 Å². The number of carbonyl (C=O) groups excluding carboxylic acids is 1. The number of nitrogens with two attached hydrogens (primary N) is 1. The molecule has 0 aromatic carbocycles. The van der Waals surface area contributed by atoms with Gasteiger partial charge in [0.15, 0.2) is 0 Å². The van der Waals surface area contributed by atoms with Gasteiger partial charge in [-0.3, -0.25) is 4.79 Å². The summed E-state index contributed by atoms with van der Waals surface area (Å²) < 4.78 is 0. The van der Waals surface area contributed by atoms with Crippen LogP contribution in [0.15, 0.2) is 0 Å². The second kappa shape index (κ2) is 3.90. The molecule has 0 amide bonds. The van der Waals surface area contributed by atoms with Crippen LogP contribution in [-0.4, -0.2) is 11.2 Å². The minimum Gasteiger partial charge on any atom is -0.321 e. The Morgan fingerprint density at radius 1 is 1.78 bits per heavy atom. The summed E-state index contributed by atoms with van der Waals surface area (Å²) in [6.07, 6.45) is 0.924. The van der Waals surface area contributed by atoms with E-state index < -0.39 is 6.04 Å². The van der Waals surface area contributed by atoms with Gasteiger partial charge in [-0.25, -0.2) is 0 Å². The predicted octanol–water partition coefficient (Wildman–Crippen LogP) is 0.816. The third-order valence-electron chi connectivity index (χ3n) is 1.54. The highest BCUT2D eigenvalue weighted by Crippen LogP contribution is 2.06. The van der Waals surface area contributed by atoms with Gasteiger partial charge in [0, 0.05) is 0 Å². The van der Waals surface area contributed by atoms with Crippen LogP contribution in [-0.2, 0) is 4.79 Å². The predicted molar refractivity (Wildman–Crippen MR) is 41.4 cm³/mol. The molecule has 54 valence electrons. The molecule has 0 rings (SSSR count). The van der Waals surface area contributed by atoms with Gasteiger partial charge in [0.25, 0.3) is 0 Å². The van der Waals surface area contributed by atoms with E-state index in [2.05, 4.69) is 12.6 Å². The van der Waals surface area contributed by atoms with Crippen molar-refractivity contribution in [1.82, 2.24) is 0 Å². The van der Waals surface area contributed by atoms with Gasteiger partial charge in [-0.2, -0.15) is 0 Å². The molecule has 0 saturated carbocycles. The van der Waals surface area contributed by atoms with Crippen molar-refractivity contribution in [3.05, 3.63) is 0 Å². The first-order chi connectivity index (χ1) is 4.09. The fourth-order valence-electron chi connectivity index (χ4n) is 0.497. The van der Waals surface area contributed by atoms with Crippen LogP contribution in [0.3, 0.4) is 0 Å². The molecule has 0 saturated heterocycles. The normalized spacial score (nSPS) is 16.9. The molecule has 0 unspecified atom stereocenters. The molecule has 9 heavy (non-hydrogen) atoms. The van der Waals surface area contributed by atoms with Crippen LogP contribution in [0, 0.1) is 5.92 Å². The second-order valence-corrected chi connectivity index (χ2v) is 2.69. The van der Waals surface area contributed by atoms with Gasteiger partial charge in [-0.05, 0) is 5.92 Å². The van der Waals surface area contributed by atoms with Gasteiger partial charge < -0.3 is 5.73 Å². The summed E-state index contributed by atoms with van der Waals surface area (Å²) in [5.41, 5.74) is 5.44. The fourth-order valence-corrected chi connectivity index (χ4v) is 0.752. The first-order valence-corrected chi connectivity index (χ1v) is 3.52. The first-order valence-electron chi connectivity index (χ1n) is 3.08. The van der Waals surface area contributed by atoms with Gasteiger partial charge in [0.2, 0.25) is 5.12 Å². The summed E-state index contributed by atoms with van der Waals surface area (Å²) >= 11 is 3.62. The Hall–Kier alpha value is -0.0200. The van der Waals surface area contributed by atoms with Crippen molar-refractivity contribution < 1.29 is 4.79 Å². The van der Waals surface area contributed by atoms with Gasteiger partial charge >= 0.3 is 0 Å². The van der Waals surface area contributed by atoms with E-state index in [1.807, 2.05) is 13.8 Å². The molecule has 0 aromatic heterocycles. The summed E-state index contributed by atoms with van der Waals surface area (Å²) in [5.74, 6) is 0.245. The van der Waals surface area contributed by atoms with E-state index in [4.69, 9.17) is 5.73 Å². The van der Waals surface area contributed by atoms with E-state index in [0.717, 1.165) is 6.42 Å². The molecule has 2 N–H and O–H groups in total. The van der Waals surface area contributed by atoms with Crippen LogP contribution >= 0.6 is 12.6 Å². The Morgan fingerprint density at radius 3 is 2.33 bits per heavy atom. The van der Waals surface area contributed by atoms with Crippen molar-refractivity contribution in [3.8, 4) is 0 Å². The lowest BCUT2D eigenvalue weighted by Gasteiger charge is -2.12. The van der Waals surface area contributed by atoms with E-state index in [1.54, 1.807) is 0 Å². The lowest BCUT2D eigenvalue weighted by Crippen LogP contribution is -2.33. The van der Waals surface area contributed by atoms with Crippen LogP contribution in [0.2, 0.25) is 0 Å². The molecule has 0 spiro atoms. The van der Waals surface area contributed by atoms with E-state index >= 15 is 0 Å². The fraction of sp³-hybridized carbons (Fsp3) is 0.833. The highest BCUT2D eigenvalue weighted by atomic mass is 32.1. The zero-order chi connectivity index (χ0) is 7.44. The first kappa shape index (κ1) is 8.98. The highest BCUT2D eigenvalue weighted by Gasteiger charge is 2.15. The van der Waals surface area contributed by atoms with Crippen molar-refractivity contribution in [2.75, 3.05) is 0 Å². The summed E-state index contributed by atoms with van der Waals surface area (Å²) in [7, 11) is 0.